The lowest BCUT2D eigenvalue weighted by atomic mass is 9.88. The number of halogens is 2. The van der Waals surface area contributed by atoms with E-state index in [1.165, 1.54) is 25.0 Å². The highest BCUT2D eigenvalue weighted by Gasteiger charge is 2.37. The van der Waals surface area contributed by atoms with Crippen LogP contribution in [0.5, 0.6) is 0 Å². The average molecular weight is 413 g/mol. The number of aromatic nitrogens is 5. The quantitative estimate of drug-likeness (QED) is 0.654. The van der Waals surface area contributed by atoms with Gasteiger partial charge < -0.3 is 4.90 Å². The molecule has 3 aromatic rings. The molecule has 7 nitrogen and oxygen atoms in total. The van der Waals surface area contributed by atoms with Crippen LogP contribution >= 0.6 is 11.6 Å². The van der Waals surface area contributed by atoms with Crippen LogP contribution in [0.2, 0.25) is 5.02 Å². The van der Waals surface area contributed by atoms with Gasteiger partial charge in [0.1, 0.15) is 24.0 Å². The van der Waals surface area contributed by atoms with E-state index in [4.69, 9.17) is 11.6 Å². The van der Waals surface area contributed by atoms with Crippen molar-refractivity contribution in [3.05, 3.63) is 65.7 Å². The van der Waals surface area contributed by atoms with Gasteiger partial charge in [0.25, 0.3) is 5.91 Å². The Morgan fingerprint density at radius 2 is 1.86 bits per heavy atom. The molecule has 29 heavy (non-hydrogen) atoms. The summed E-state index contributed by atoms with van der Waals surface area (Å²) in [6.07, 6.45) is 8.02. The topological polar surface area (TPSA) is 84.8 Å². The number of hydrogen-bond donors (Lipinski definition) is 0. The molecule has 0 unspecified atom stereocenters. The second kappa shape index (κ2) is 8.16. The van der Waals surface area contributed by atoms with E-state index in [0.29, 0.717) is 40.8 Å². The number of pyridine rings is 1. The van der Waals surface area contributed by atoms with Crippen LogP contribution in [0.25, 0.3) is 11.4 Å². The third kappa shape index (κ3) is 4.37. The van der Waals surface area contributed by atoms with Crippen LogP contribution in [0.15, 0.2) is 49.4 Å². The highest BCUT2D eigenvalue weighted by atomic mass is 35.5. The molecule has 1 aliphatic heterocycles. The zero-order valence-electron chi connectivity index (χ0n) is 15.5. The molecule has 0 aliphatic carbocycles. The largest absolute Gasteiger partial charge is 0.338 e. The Hall–Kier alpha value is -3.00. The number of carbonyl (C=O) groups excluding carboxylic acids is 1. The van der Waals surface area contributed by atoms with E-state index < -0.39 is 5.67 Å². The van der Waals surface area contributed by atoms with Crippen molar-refractivity contribution < 1.29 is 9.18 Å². The summed E-state index contributed by atoms with van der Waals surface area (Å²) in [5.74, 6) is -0.231. The van der Waals surface area contributed by atoms with Gasteiger partial charge in [-0.05, 0) is 31.0 Å². The van der Waals surface area contributed by atoms with Gasteiger partial charge in [0.05, 0.1) is 16.3 Å². The van der Waals surface area contributed by atoms with Crippen molar-refractivity contribution >= 4 is 17.5 Å². The van der Waals surface area contributed by atoms with E-state index in [1.54, 1.807) is 29.3 Å². The zero-order chi connectivity index (χ0) is 20.3. The Morgan fingerprint density at radius 3 is 2.55 bits per heavy atom. The summed E-state index contributed by atoms with van der Waals surface area (Å²) >= 11 is 5.84. The summed E-state index contributed by atoms with van der Waals surface area (Å²) in [4.78, 5) is 35.1. The molecule has 0 radical (unpaired) electrons. The first-order valence-corrected chi connectivity index (χ1v) is 9.57. The summed E-state index contributed by atoms with van der Waals surface area (Å²) in [5.41, 5.74) is 0.572. The van der Waals surface area contributed by atoms with E-state index in [-0.39, 0.29) is 25.2 Å². The van der Waals surface area contributed by atoms with Gasteiger partial charge in [0.2, 0.25) is 0 Å². The Balaban J connectivity index is 1.47. The van der Waals surface area contributed by atoms with Crippen LogP contribution in [0, 0.1) is 0 Å². The molecular formula is C20H18ClFN6O. The standard InChI is InChI=1S/C20H18ClFN6O/c21-14-1-2-15(25-10-14)9-20(22)4-7-28(8-5-20)19(29)16-11-24-13-27-18(16)17-3-6-23-12-26-17/h1-3,6,10-13H,4-5,7-9H2. The number of likely N-dealkylation sites (tertiary alicyclic amines) is 1. The van der Waals surface area contributed by atoms with Gasteiger partial charge >= 0.3 is 0 Å². The minimum atomic E-state index is -1.40. The Bertz CT molecular complexity index is 993. The van der Waals surface area contributed by atoms with E-state index in [9.17, 15) is 4.79 Å². The average Bonchev–Trinajstić information content (AvgIpc) is 2.76. The fourth-order valence-corrected chi connectivity index (χ4v) is 3.53. The number of alkyl halides is 1. The van der Waals surface area contributed by atoms with Crippen molar-refractivity contribution in [3.8, 4) is 11.4 Å². The maximum absolute atomic E-state index is 15.3. The summed E-state index contributed by atoms with van der Waals surface area (Å²) in [5, 5.41) is 0.520. The fourth-order valence-electron chi connectivity index (χ4n) is 3.41. The van der Waals surface area contributed by atoms with Gasteiger partial charge in [-0.1, -0.05) is 11.6 Å². The molecule has 148 valence electrons. The first kappa shape index (κ1) is 19.3. The highest BCUT2D eigenvalue weighted by Crippen LogP contribution is 2.31. The van der Waals surface area contributed by atoms with Gasteiger partial charge in [0, 0.05) is 43.8 Å². The predicted octanol–water partition coefficient (Wildman–Crippen LogP) is 3.17. The lowest BCUT2D eigenvalue weighted by molar-refractivity contribution is 0.0433. The molecule has 1 aliphatic rings. The molecule has 1 saturated heterocycles. The third-order valence-corrected chi connectivity index (χ3v) is 5.22. The molecule has 0 saturated carbocycles. The first-order valence-electron chi connectivity index (χ1n) is 9.19. The Labute approximate surface area is 172 Å². The maximum atomic E-state index is 15.3. The molecule has 3 aromatic heterocycles. The number of rotatable bonds is 4. The summed E-state index contributed by atoms with van der Waals surface area (Å²) < 4.78 is 15.3. The van der Waals surface area contributed by atoms with E-state index in [1.807, 2.05) is 0 Å². The summed E-state index contributed by atoms with van der Waals surface area (Å²) in [7, 11) is 0. The minimum Gasteiger partial charge on any atom is -0.338 e. The Morgan fingerprint density at radius 1 is 1.07 bits per heavy atom. The predicted molar refractivity (Wildman–Crippen MR) is 105 cm³/mol. The van der Waals surface area contributed by atoms with Crippen LogP contribution in [-0.2, 0) is 6.42 Å². The summed E-state index contributed by atoms with van der Waals surface area (Å²) in [6.45, 7) is 0.613. The van der Waals surface area contributed by atoms with Gasteiger partial charge in [0.15, 0.2) is 0 Å². The maximum Gasteiger partial charge on any atom is 0.257 e. The van der Waals surface area contributed by atoms with Crippen LogP contribution in [0.1, 0.15) is 28.9 Å². The highest BCUT2D eigenvalue weighted by molar-refractivity contribution is 6.30. The molecule has 4 rings (SSSR count). The lowest BCUT2D eigenvalue weighted by Crippen LogP contribution is -2.45. The van der Waals surface area contributed by atoms with Crippen molar-refractivity contribution in [1.29, 1.82) is 0 Å². The molecule has 0 aromatic carbocycles. The van der Waals surface area contributed by atoms with Gasteiger partial charge in [-0.25, -0.2) is 24.3 Å². The number of piperidine rings is 1. The summed E-state index contributed by atoms with van der Waals surface area (Å²) in [6, 6.07) is 5.12. The smallest absolute Gasteiger partial charge is 0.257 e. The van der Waals surface area contributed by atoms with Crippen LogP contribution in [0.3, 0.4) is 0 Å². The molecule has 0 bridgehead atoms. The molecular weight excluding hydrogens is 395 g/mol. The van der Waals surface area contributed by atoms with Gasteiger partial charge in [-0.3, -0.25) is 9.78 Å². The minimum absolute atomic E-state index is 0.201. The van der Waals surface area contributed by atoms with Crippen molar-refractivity contribution in [3.63, 3.8) is 0 Å². The molecule has 0 N–H and O–H groups in total. The van der Waals surface area contributed by atoms with Crippen LogP contribution in [0.4, 0.5) is 4.39 Å². The van der Waals surface area contributed by atoms with Crippen molar-refractivity contribution in [1.82, 2.24) is 29.8 Å². The number of carbonyl (C=O) groups is 1. The van der Waals surface area contributed by atoms with Crippen LogP contribution < -0.4 is 0 Å². The molecule has 9 heteroatoms. The van der Waals surface area contributed by atoms with Gasteiger partial charge in [-0.15, -0.1) is 0 Å². The normalized spacial score (nSPS) is 15.9. The third-order valence-electron chi connectivity index (χ3n) is 5.00. The van der Waals surface area contributed by atoms with E-state index >= 15 is 4.39 Å². The van der Waals surface area contributed by atoms with Crippen molar-refractivity contribution in [2.75, 3.05) is 13.1 Å². The molecule has 0 spiro atoms. The molecule has 0 atom stereocenters. The molecule has 1 amide bonds. The second-order valence-corrected chi connectivity index (χ2v) is 7.40. The van der Waals surface area contributed by atoms with Crippen molar-refractivity contribution in [2.24, 2.45) is 0 Å². The lowest BCUT2D eigenvalue weighted by Gasteiger charge is -2.36. The first-order chi connectivity index (χ1) is 14.0. The van der Waals surface area contributed by atoms with E-state index in [2.05, 4.69) is 24.9 Å². The number of nitrogens with zero attached hydrogens (tertiary/aromatic N) is 6. The van der Waals surface area contributed by atoms with Crippen molar-refractivity contribution in [2.45, 2.75) is 24.9 Å². The second-order valence-electron chi connectivity index (χ2n) is 6.97. The number of amides is 1. The van der Waals surface area contributed by atoms with E-state index in [0.717, 1.165) is 0 Å². The van der Waals surface area contributed by atoms with Crippen LogP contribution in [-0.4, -0.2) is 54.5 Å². The van der Waals surface area contributed by atoms with Gasteiger partial charge in [-0.2, -0.15) is 0 Å². The monoisotopic (exact) mass is 412 g/mol. The number of hydrogen-bond acceptors (Lipinski definition) is 6. The molecule has 4 heterocycles. The zero-order valence-corrected chi connectivity index (χ0v) is 16.3. The SMILES string of the molecule is O=C(c1cncnc1-c1ccncn1)N1CCC(F)(Cc2ccc(Cl)cn2)CC1. The fraction of sp³-hybridized carbons (Fsp3) is 0.300. The Kier molecular flexibility index (Phi) is 5.44. The molecule has 1 fully saturated rings.